The number of aromatic nitrogens is 2. The summed E-state index contributed by atoms with van der Waals surface area (Å²) in [5.74, 6) is -4.02. The molecule has 0 saturated carbocycles. The molecule has 0 aliphatic heterocycles. The van der Waals surface area contributed by atoms with E-state index in [9.17, 15) is 26.7 Å². The van der Waals surface area contributed by atoms with Crippen molar-refractivity contribution in [2.75, 3.05) is 6.61 Å². The van der Waals surface area contributed by atoms with Gasteiger partial charge in [0.05, 0.1) is 13.0 Å². The molecule has 2 N–H and O–H groups in total. The molecule has 0 radical (unpaired) electrons. The number of primary amides is 1. The molecule has 30 heavy (non-hydrogen) atoms. The van der Waals surface area contributed by atoms with Crippen molar-refractivity contribution in [2.24, 2.45) is 5.73 Å². The van der Waals surface area contributed by atoms with Gasteiger partial charge in [-0.05, 0) is 35.9 Å². The van der Waals surface area contributed by atoms with Crippen LogP contribution in [-0.2, 0) is 12.6 Å². The maximum atomic E-state index is 14.1. The Balaban J connectivity index is 1.70. The number of carbonyl (C=O) groups is 1. The average Bonchev–Trinajstić information content (AvgIpc) is 3.03. The highest BCUT2D eigenvalue weighted by Gasteiger charge is 2.32. The maximum absolute atomic E-state index is 14.1. The molecular weight excluding hydrogens is 437 g/mol. The molecule has 1 amide bonds. The summed E-state index contributed by atoms with van der Waals surface area (Å²) in [4.78, 5) is 18.5. The molecule has 0 aliphatic carbocycles. The summed E-state index contributed by atoms with van der Waals surface area (Å²) in [6, 6.07) is 3.73. The minimum absolute atomic E-state index is 0.0174. The molecule has 2 aromatic heterocycles. The van der Waals surface area contributed by atoms with Crippen LogP contribution in [0.25, 0.3) is 11.3 Å². The van der Waals surface area contributed by atoms with E-state index in [-0.39, 0.29) is 35.4 Å². The summed E-state index contributed by atoms with van der Waals surface area (Å²) in [7, 11) is 0. The zero-order chi connectivity index (χ0) is 22.1. The van der Waals surface area contributed by atoms with E-state index < -0.39 is 40.7 Å². The van der Waals surface area contributed by atoms with Crippen LogP contribution in [0.5, 0.6) is 5.75 Å². The number of carbonyl (C=O) groups excluding carboxylic acids is 1. The van der Waals surface area contributed by atoms with Gasteiger partial charge in [-0.25, -0.2) is 13.8 Å². The molecule has 2 heterocycles. The highest BCUT2D eigenvalue weighted by Crippen LogP contribution is 2.31. The van der Waals surface area contributed by atoms with E-state index in [4.69, 9.17) is 26.5 Å². The Morgan fingerprint density at radius 3 is 2.53 bits per heavy atom. The van der Waals surface area contributed by atoms with Crippen LogP contribution in [0.15, 0.2) is 34.9 Å². The molecule has 0 spiro atoms. The monoisotopic (exact) mass is 447 g/mol. The van der Waals surface area contributed by atoms with Crippen molar-refractivity contribution in [1.82, 2.24) is 9.97 Å². The Labute approximate surface area is 170 Å². The lowest BCUT2D eigenvalue weighted by atomic mass is 10.1. The van der Waals surface area contributed by atoms with Gasteiger partial charge < -0.3 is 14.9 Å². The van der Waals surface area contributed by atoms with Gasteiger partial charge in [-0.15, -0.1) is 0 Å². The topological polar surface area (TPSA) is 91.2 Å². The number of alkyl halides is 3. The second-order valence-corrected chi connectivity index (χ2v) is 6.20. The molecule has 12 heteroatoms. The van der Waals surface area contributed by atoms with Gasteiger partial charge in [0.25, 0.3) is 5.91 Å². The predicted octanol–water partition coefficient (Wildman–Crippen LogP) is 4.41. The lowest BCUT2D eigenvalue weighted by Crippen LogP contribution is -2.16. The average molecular weight is 448 g/mol. The number of rotatable bonds is 6. The number of oxazole rings is 1. The van der Waals surface area contributed by atoms with Gasteiger partial charge in [0, 0.05) is 11.8 Å². The van der Waals surface area contributed by atoms with Crippen molar-refractivity contribution < 1.29 is 35.9 Å². The van der Waals surface area contributed by atoms with Crippen LogP contribution in [-0.4, -0.2) is 22.5 Å². The fraction of sp³-hybridized carbons (Fsp3) is 0.167. The van der Waals surface area contributed by atoms with E-state index in [0.717, 1.165) is 30.5 Å². The molecular formula is C18H11ClF5N3O3. The second-order valence-electron chi connectivity index (χ2n) is 5.86. The number of amides is 1. The van der Waals surface area contributed by atoms with Crippen LogP contribution >= 0.6 is 11.6 Å². The van der Waals surface area contributed by atoms with E-state index in [0.29, 0.717) is 0 Å². The molecule has 158 valence electrons. The molecule has 1 aromatic carbocycles. The summed E-state index contributed by atoms with van der Waals surface area (Å²) in [5.41, 5.74) is 3.19. The highest BCUT2D eigenvalue weighted by molar-refractivity contribution is 6.31. The Morgan fingerprint density at radius 2 is 1.93 bits per heavy atom. The first kappa shape index (κ1) is 21.5. The van der Waals surface area contributed by atoms with Gasteiger partial charge in [-0.2, -0.15) is 13.2 Å². The van der Waals surface area contributed by atoms with Crippen LogP contribution in [0, 0.1) is 11.6 Å². The quantitative estimate of drug-likeness (QED) is 0.565. The summed E-state index contributed by atoms with van der Waals surface area (Å²) >= 11 is 5.93. The van der Waals surface area contributed by atoms with Crippen molar-refractivity contribution in [3.8, 4) is 17.0 Å². The maximum Gasteiger partial charge on any atom is 0.433 e. The number of nitrogens with zero attached hydrogens (tertiary/aromatic N) is 2. The lowest BCUT2D eigenvalue weighted by molar-refractivity contribution is -0.141. The summed E-state index contributed by atoms with van der Waals surface area (Å²) in [5, 5.41) is -0.185. The first-order valence-corrected chi connectivity index (χ1v) is 8.55. The van der Waals surface area contributed by atoms with Gasteiger partial charge in [-0.3, -0.25) is 9.78 Å². The smallest absolute Gasteiger partial charge is 0.433 e. The molecule has 0 atom stereocenters. The minimum Gasteiger partial charge on any atom is -0.490 e. The normalized spacial score (nSPS) is 11.5. The van der Waals surface area contributed by atoms with Crippen molar-refractivity contribution in [2.45, 2.75) is 12.6 Å². The van der Waals surface area contributed by atoms with Crippen LogP contribution in [0.1, 0.15) is 21.9 Å². The molecule has 3 rings (SSSR count). The minimum atomic E-state index is -4.58. The van der Waals surface area contributed by atoms with E-state index in [1.54, 1.807) is 0 Å². The molecule has 0 saturated heterocycles. The van der Waals surface area contributed by atoms with Crippen molar-refractivity contribution in [3.05, 3.63) is 64.5 Å². The zero-order valence-corrected chi connectivity index (χ0v) is 15.5. The lowest BCUT2D eigenvalue weighted by Gasteiger charge is -2.08. The largest absolute Gasteiger partial charge is 0.490 e. The van der Waals surface area contributed by atoms with Gasteiger partial charge in [0.2, 0.25) is 5.22 Å². The molecule has 0 fully saturated rings. The van der Waals surface area contributed by atoms with Gasteiger partial charge >= 0.3 is 6.18 Å². The first-order chi connectivity index (χ1) is 14.1. The molecule has 6 nitrogen and oxygen atoms in total. The van der Waals surface area contributed by atoms with Gasteiger partial charge in [0.1, 0.15) is 22.8 Å². The Kier molecular flexibility index (Phi) is 5.92. The number of hydrogen-bond acceptors (Lipinski definition) is 5. The van der Waals surface area contributed by atoms with Crippen LogP contribution in [0.2, 0.25) is 5.22 Å². The third-order valence-electron chi connectivity index (χ3n) is 3.83. The number of benzene rings is 1. The summed E-state index contributed by atoms with van der Waals surface area (Å²) in [6.07, 6.45) is -3.65. The van der Waals surface area contributed by atoms with Gasteiger partial charge in [0.15, 0.2) is 17.5 Å². The third kappa shape index (κ3) is 4.51. The molecule has 0 unspecified atom stereocenters. The third-order valence-corrected chi connectivity index (χ3v) is 4.09. The van der Waals surface area contributed by atoms with E-state index >= 15 is 0 Å². The van der Waals surface area contributed by atoms with Crippen LogP contribution < -0.4 is 10.5 Å². The Hall–Kier alpha value is -3.21. The van der Waals surface area contributed by atoms with Crippen LogP contribution in [0.3, 0.4) is 0 Å². The number of halogens is 6. The van der Waals surface area contributed by atoms with Crippen LogP contribution in [0.4, 0.5) is 22.0 Å². The molecule has 0 bridgehead atoms. The number of nitrogens with two attached hydrogens (primary N) is 1. The number of hydrogen-bond donors (Lipinski definition) is 1. The summed E-state index contributed by atoms with van der Waals surface area (Å²) < 4.78 is 75.7. The highest BCUT2D eigenvalue weighted by atomic mass is 35.5. The number of ether oxygens (including phenoxy) is 1. The summed E-state index contributed by atoms with van der Waals surface area (Å²) in [6.45, 7) is -0.192. The van der Waals surface area contributed by atoms with E-state index in [1.807, 2.05) is 0 Å². The van der Waals surface area contributed by atoms with E-state index in [1.165, 1.54) is 0 Å². The zero-order valence-electron chi connectivity index (χ0n) is 14.8. The molecule has 0 aliphatic rings. The fourth-order valence-electron chi connectivity index (χ4n) is 2.45. The van der Waals surface area contributed by atoms with Gasteiger partial charge in [-0.1, -0.05) is 0 Å². The Bertz CT molecular complexity index is 1080. The number of pyridine rings is 1. The first-order valence-electron chi connectivity index (χ1n) is 8.17. The van der Waals surface area contributed by atoms with Crippen molar-refractivity contribution in [1.29, 1.82) is 0 Å². The fourth-order valence-corrected chi connectivity index (χ4v) is 2.69. The standard InChI is InChI=1S/C18H11ClF5N3O3/c19-16-15(8-1-4-11(26-7-8)18(22,23)24)27-12(30-16)5-6-29-10-3-2-9(20)13(14(10)21)17(25)28/h1-4,7H,5-6H2,(H2,25,28). The van der Waals surface area contributed by atoms with E-state index in [2.05, 4.69) is 9.97 Å². The SMILES string of the molecule is NC(=O)c1c(F)ccc(OCCc2nc(-c3ccc(C(F)(F)F)nc3)c(Cl)o2)c1F. The Morgan fingerprint density at radius 1 is 1.20 bits per heavy atom. The molecule has 3 aromatic rings. The van der Waals surface area contributed by atoms with Crippen molar-refractivity contribution >= 4 is 17.5 Å². The van der Waals surface area contributed by atoms with Crippen molar-refractivity contribution in [3.63, 3.8) is 0 Å². The second kappa shape index (κ2) is 8.27. The predicted molar refractivity (Wildman–Crippen MR) is 93.8 cm³/mol.